The SMILES string of the molecule is CCC(C)(C(CC#CC(C)(C)C)NC)N(C)C. The third-order valence-corrected chi connectivity index (χ3v) is 3.61. The van der Waals surface area contributed by atoms with Crippen molar-refractivity contribution in [2.75, 3.05) is 21.1 Å². The average Bonchev–Trinajstić information content (AvgIpc) is 2.21. The zero-order valence-electron chi connectivity index (χ0n) is 12.9. The molecule has 0 saturated carbocycles. The molecule has 0 aliphatic rings. The first-order valence-electron chi connectivity index (χ1n) is 6.52. The van der Waals surface area contributed by atoms with Crippen molar-refractivity contribution in [3.8, 4) is 11.8 Å². The Balaban J connectivity index is 4.77. The minimum absolute atomic E-state index is 0.0963. The van der Waals surface area contributed by atoms with Crippen LogP contribution in [0.15, 0.2) is 0 Å². The maximum Gasteiger partial charge on any atom is 0.0356 e. The molecule has 2 atom stereocenters. The van der Waals surface area contributed by atoms with Gasteiger partial charge in [0.2, 0.25) is 0 Å². The van der Waals surface area contributed by atoms with Crippen molar-refractivity contribution in [1.29, 1.82) is 0 Å². The molecule has 0 aliphatic heterocycles. The van der Waals surface area contributed by atoms with Crippen molar-refractivity contribution < 1.29 is 0 Å². The Morgan fingerprint density at radius 2 is 1.71 bits per heavy atom. The Morgan fingerprint density at radius 1 is 1.18 bits per heavy atom. The Kier molecular flexibility index (Phi) is 6.23. The quantitative estimate of drug-likeness (QED) is 0.741. The molecule has 0 aromatic heterocycles. The molecule has 0 aromatic rings. The van der Waals surface area contributed by atoms with Crippen molar-refractivity contribution in [3.05, 3.63) is 0 Å². The largest absolute Gasteiger partial charge is 0.314 e. The Labute approximate surface area is 108 Å². The third-order valence-electron chi connectivity index (χ3n) is 3.61. The van der Waals surface area contributed by atoms with Gasteiger partial charge in [-0.05, 0) is 55.3 Å². The van der Waals surface area contributed by atoms with Crippen molar-refractivity contribution in [1.82, 2.24) is 10.2 Å². The molecule has 0 saturated heterocycles. The maximum absolute atomic E-state index is 3.42. The van der Waals surface area contributed by atoms with Gasteiger partial charge in [0.25, 0.3) is 0 Å². The second kappa shape index (κ2) is 6.42. The highest BCUT2D eigenvalue weighted by atomic mass is 15.2. The Hall–Kier alpha value is -0.520. The smallest absolute Gasteiger partial charge is 0.0356 e. The van der Waals surface area contributed by atoms with E-state index in [0.717, 1.165) is 12.8 Å². The second-order valence-corrected chi connectivity index (χ2v) is 6.20. The van der Waals surface area contributed by atoms with Gasteiger partial charge in [0, 0.05) is 23.4 Å². The first kappa shape index (κ1) is 16.5. The predicted molar refractivity (Wildman–Crippen MR) is 77.1 cm³/mol. The molecule has 17 heavy (non-hydrogen) atoms. The summed E-state index contributed by atoms with van der Waals surface area (Å²) < 4.78 is 0. The van der Waals surface area contributed by atoms with Crippen LogP contribution in [0.5, 0.6) is 0 Å². The minimum Gasteiger partial charge on any atom is -0.314 e. The van der Waals surface area contributed by atoms with E-state index in [9.17, 15) is 0 Å². The van der Waals surface area contributed by atoms with Gasteiger partial charge in [-0.2, -0.15) is 0 Å². The first-order chi connectivity index (χ1) is 7.67. The summed E-state index contributed by atoms with van der Waals surface area (Å²) in [6.45, 7) is 11.0. The van der Waals surface area contributed by atoms with E-state index in [-0.39, 0.29) is 11.0 Å². The number of nitrogens with one attached hydrogen (secondary N) is 1. The lowest BCUT2D eigenvalue weighted by Crippen LogP contribution is -2.55. The van der Waals surface area contributed by atoms with Crippen molar-refractivity contribution in [3.63, 3.8) is 0 Å². The fourth-order valence-corrected chi connectivity index (χ4v) is 1.93. The fraction of sp³-hybridized carbons (Fsp3) is 0.867. The topological polar surface area (TPSA) is 15.3 Å². The Bertz CT molecular complexity index is 278. The molecule has 100 valence electrons. The molecule has 2 nitrogen and oxygen atoms in total. The maximum atomic E-state index is 3.42. The zero-order valence-corrected chi connectivity index (χ0v) is 12.9. The monoisotopic (exact) mass is 238 g/mol. The molecule has 0 rings (SSSR count). The van der Waals surface area contributed by atoms with Crippen LogP contribution in [0.3, 0.4) is 0 Å². The molecule has 2 unspecified atom stereocenters. The lowest BCUT2D eigenvalue weighted by atomic mass is 9.85. The van der Waals surface area contributed by atoms with Gasteiger partial charge >= 0.3 is 0 Å². The highest BCUT2D eigenvalue weighted by molar-refractivity contribution is 5.11. The second-order valence-electron chi connectivity index (χ2n) is 6.20. The highest BCUT2D eigenvalue weighted by Gasteiger charge is 2.33. The van der Waals surface area contributed by atoms with Crippen LogP contribution in [0.4, 0.5) is 0 Å². The van der Waals surface area contributed by atoms with Gasteiger partial charge in [-0.3, -0.25) is 0 Å². The number of hydrogen-bond donors (Lipinski definition) is 1. The van der Waals surface area contributed by atoms with Gasteiger partial charge in [-0.1, -0.05) is 12.8 Å². The molecule has 0 aromatic carbocycles. The lowest BCUT2D eigenvalue weighted by Gasteiger charge is -2.42. The number of likely N-dealkylation sites (N-methyl/N-ethyl adjacent to an activating group) is 2. The third kappa shape index (κ3) is 5.10. The van der Waals surface area contributed by atoms with Gasteiger partial charge in [0.05, 0.1) is 0 Å². The average molecular weight is 238 g/mol. The van der Waals surface area contributed by atoms with Crippen molar-refractivity contribution in [2.24, 2.45) is 5.41 Å². The molecule has 1 N–H and O–H groups in total. The van der Waals surface area contributed by atoms with Crippen molar-refractivity contribution in [2.45, 2.75) is 59.0 Å². The summed E-state index contributed by atoms with van der Waals surface area (Å²) in [4.78, 5) is 2.30. The van der Waals surface area contributed by atoms with Gasteiger partial charge in [-0.15, -0.1) is 5.92 Å². The number of rotatable bonds is 5. The summed E-state index contributed by atoms with van der Waals surface area (Å²) in [5.41, 5.74) is 0.250. The van der Waals surface area contributed by atoms with Crippen LogP contribution >= 0.6 is 0 Å². The normalized spacial score (nSPS) is 17.2. The van der Waals surface area contributed by atoms with E-state index in [1.54, 1.807) is 0 Å². The number of nitrogens with zero attached hydrogens (tertiary/aromatic N) is 1. The summed E-state index contributed by atoms with van der Waals surface area (Å²) >= 11 is 0. The van der Waals surface area contributed by atoms with E-state index in [2.05, 4.69) is 70.8 Å². The minimum atomic E-state index is 0.0963. The molecule has 0 amide bonds. The van der Waals surface area contributed by atoms with Crippen LogP contribution in [0, 0.1) is 17.3 Å². The van der Waals surface area contributed by atoms with Crippen molar-refractivity contribution >= 4 is 0 Å². The lowest BCUT2D eigenvalue weighted by molar-refractivity contribution is 0.118. The van der Waals surface area contributed by atoms with Crippen LogP contribution in [-0.2, 0) is 0 Å². The van der Waals surface area contributed by atoms with E-state index < -0.39 is 0 Å². The summed E-state index contributed by atoms with van der Waals surface area (Å²) in [6.07, 6.45) is 2.01. The molecule has 0 bridgehead atoms. The molecular weight excluding hydrogens is 208 g/mol. The molecule has 2 heteroatoms. The van der Waals surface area contributed by atoms with Crippen LogP contribution in [0.25, 0.3) is 0 Å². The summed E-state index contributed by atoms with van der Waals surface area (Å²) in [7, 11) is 6.32. The van der Waals surface area contributed by atoms with Gasteiger partial charge in [-0.25, -0.2) is 0 Å². The number of hydrogen-bond acceptors (Lipinski definition) is 2. The molecule has 0 aliphatic carbocycles. The van der Waals surface area contributed by atoms with E-state index >= 15 is 0 Å². The predicted octanol–water partition coefficient (Wildman–Crippen LogP) is 2.74. The summed E-state index contributed by atoms with van der Waals surface area (Å²) in [6, 6.07) is 0.400. The zero-order chi connectivity index (χ0) is 13.7. The van der Waals surface area contributed by atoms with Gasteiger partial charge < -0.3 is 10.2 Å². The molecule has 0 fully saturated rings. The van der Waals surface area contributed by atoms with E-state index in [4.69, 9.17) is 0 Å². The Morgan fingerprint density at radius 3 is 2.00 bits per heavy atom. The van der Waals surface area contributed by atoms with E-state index in [1.807, 2.05) is 7.05 Å². The summed E-state index contributed by atoms with van der Waals surface area (Å²) in [5.74, 6) is 6.65. The molecule has 0 radical (unpaired) electrons. The van der Waals surface area contributed by atoms with Crippen LogP contribution in [-0.4, -0.2) is 37.6 Å². The van der Waals surface area contributed by atoms with Crippen LogP contribution in [0.2, 0.25) is 0 Å². The first-order valence-corrected chi connectivity index (χ1v) is 6.52. The van der Waals surface area contributed by atoms with Crippen LogP contribution < -0.4 is 5.32 Å². The van der Waals surface area contributed by atoms with E-state index in [1.165, 1.54) is 0 Å². The molecule has 0 spiro atoms. The van der Waals surface area contributed by atoms with E-state index in [0.29, 0.717) is 6.04 Å². The van der Waals surface area contributed by atoms with Gasteiger partial charge in [0.15, 0.2) is 0 Å². The van der Waals surface area contributed by atoms with Gasteiger partial charge in [0.1, 0.15) is 0 Å². The summed E-state index contributed by atoms with van der Waals surface area (Å²) in [5, 5.41) is 3.42. The molecule has 0 heterocycles. The highest BCUT2D eigenvalue weighted by Crippen LogP contribution is 2.23. The molecular formula is C15H30N2. The fourth-order valence-electron chi connectivity index (χ4n) is 1.93. The van der Waals surface area contributed by atoms with Crippen LogP contribution in [0.1, 0.15) is 47.5 Å². The standard InChI is InChI=1S/C15H30N2/c1-9-15(5,17(7)8)13(16-6)11-10-12-14(2,3)4/h13,16H,9,11H2,1-8H3.